The first-order chi connectivity index (χ1) is 13.0. The lowest BCUT2D eigenvalue weighted by molar-refractivity contribution is -0.384. The molecule has 2 aromatic heterocycles. The fourth-order valence-electron chi connectivity index (χ4n) is 2.79. The van der Waals surface area contributed by atoms with E-state index in [1.165, 1.54) is 23.5 Å². The van der Waals surface area contributed by atoms with Crippen molar-refractivity contribution < 1.29 is 9.72 Å². The molecule has 0 unspecified atom stereocenters. The monoisotopic (exact) mass is 378 g/mol. The number of nitrogens with zero attached hydrogens (tertiary/aromatic N) is 3. The molecule has 0 fully saturated rings. The van der Waals surface area contributed by atoms with Crippen molar-refractivity contribution in [2.75, 3.05) is 5.32 Å². The number of amides is 1. The fourth-order valence-corrected chi connectivity index (χ4v) is 3.79. The van der Waals surface area contributed by atoms with Gasteiger partial charge < -0.3 is 5.32 Å². The zero-order chi connectivity index (χ0) is 19.0. The molecule has 1 amide bonds. The first kappa shape index (κ1) is 16.9. The van der Waals surface area contributed by atoms with Crippen LogP contribution in [0.5, 0.6) is 0 Å². The molecule has 8 heteroatoms. The molecule has 7 nitrogen and oxygen atoms in total. The molecule has 0 aliphatic rings. The number of thiazole rings is 1. The Bertz CT molecular complexity index is 1160. The van der Waals surface area contributed by atoms with E-state index in [2.05, 4.69) is 10.3 Å². The van der Waals surface area contributed by atoms with Gasteiger partial charge in [-0.25, -0.2) is 4.98 Å². The third-order valence-corrected chi connectivity index (χ3v) is 5.30. The van der Waals surface area contributed by atoms with Gasteiger partial charge in [-0.3, -0.25) is 19.3 Å². The number of hydrogen-bond donors (Lipinski definition) is 1. The van der Waals surface area contributed by atoms with Crippen LogP contribution in [0.25, 0.3) is 16.2 Å². The maximum Gasteiger partial charge on any atom is 0.270 e. The number of fused-ring (bicyclic) bond motifs is 1. The van der Waals surface area contributed by atoms with E-state index in [4.69, 9.17) is 0 Å². The van der Waals surface area contributed by atoms with E-state index in [-0.39, 0.29) is 11.6 Å². The summed E-state index contributed by atoms with van der Waals surface area (Å²) in [6.45, 7) is 1.85. The first-order valence-corrected chi connectivity index (χ1v) is 8.94. The number of nitro groups is 1. The molecule has 2 aromatic carbocycles. The van der Waals surface area contributed by atoms with Crippen molar-refractivity contribution in [3.05, 3.63) is 81.5 Å². The number of rotatable bonds is 4. The summed E-state index contributed by atoms with van der Waals surface area (Å²) in [5.74, 6) is -0.189. The van der Waals surface area contributed by atoms with E-state index in [1.54, 1.807) is 18.3 Å². The Balaban J connectivity index is 1.67. The minimum atomic E-state index is -0.431. The Morgan fingerprint density at radius 1 is 1.19 bits per heavy atom. The van der Waals surface area contributed by atoms with E-state index in [0.717, 1.165) is 11.4 Å². The van der Waals surface area contributed by atoms with Gasteiger partial charge >= 0.3 is 0 Å². The van der Waals surface area contributed by atoms with E-state index in [1.807, 2.05) is 41.7 Å². The van der Waals surface area contributed by atoms with Crippen molar-refractivity contribution in [1.29, 1.82) is 0 Å². The number of hydrogen-bond acceptors (Lipinski definition) is 5. The number of anilines is 1. The third kappa shape index (κ3) is 3.18. The SMILES string of the molecule is Cc1c(C(=O)Nc2ccccc2)sc2nc(-c3cccc([N+](=O)[O-])c3)cn12. The van der Waals surface area contributed by atoms with Crippen LogP contribution in [0.15, 0.2) is 60.8 Å². The van der Waals surface area contributed by atoms with E-state index >= 15 is 0 Å². The maximum absolute atomic E-state index is 12.6. The van der Waals surface area contributed by atoms with Crippen LogP contribution in [-0.4, -0.2) is 20.2 Å². The number of carbonyl (C=O) groups is 1. The van der Waals surface area contributed by atoms with Crippen molar-refractivity contribution in [2.45, 2.75) is 6.92 Å². The highest BCUT2D eigenvalue weighted by Crippen LogP contribution is 2.29. The number of benzene rings is 2. The molecule has 0 spiro atoms. The number of para-hydroxylation sites is 1. The van der Waals surface area contributed by atoms with Gasteiger partial charge in [-0.2, -0.15) is 0 Å². The fraction of sp³-hybridized carbons (Fsp3) is 0.0526. The molecule has 4 aromatic rings. The largest absolute Gasteiger partial charge is 0.321 e. The van der Waals surface area contributed by atoms with Crippen molar-refractivity contribution in [3.63, 3.8) is 0 Å². The smallest absolute Gasteiger partial charge is 0.270 e. The lowest BCUT2D eigenvalue weighted by Gasteiger charge is -2.03. The van der Waals surface area contributed by atoms with Gasteiger partial charge in [0.05, 0.1) is 10.6 Å². The molecule has 27 heavy (non-hydrogen) atoms. The van der Waals surface area contributed by atoms with Crippen molar-refractivity contribution in [3.8, 4) is 11.3 Å². The molecular formula is C19H14N4O3S. The number of nitrogens with one attached hydrogen (secondary N) is 1. The van der Waals surface area contributed by atoms with Gasteiger partial charge in [-0.1, -0.05) is 41.7 Å². The van der Waals surface area contributed by atoms with Crippen molar-refractivity contribution in [2.24, 2.45) is 0 Å². The van der Waals surface area contributed by atoms with Crippen LogP contribution in [0, 0.1) is 17.0 Å². The average Bonchev–Trinajstić information content (AvgIpc) is 3.22. The normalized spacial score (nSPS) is 10.9. The maximum atomic E-state index is 12.6. The first-order valence-electron chi connectivity index (χ1n) is 8.12. The molecule has 134 valence electrons. The number of imidazole rings is 1. The minimum Gasteiger partial charge on any atom is -0.321 e. The second-order valence-corrected chi connectivity index (χ2v) is 6.90. The molecule has 2 heterocycles. The summed E-state index contributed by atoms with van der Waals surface area (Å²) in [6.07, 6.45) is 1.79. The molecule has 4 rings (SSSR count). The number of aromatic nitrogens is 2. The van der Waals surface area contributed by atoms with Crippen LogP contribution in [0.4, 0.5) is 11.4 Å². The number of non-ortho nitro benzene ring substituents is 1. The molecule has 1 N–H and O–H groups in total. The van der Waals surface area contributed by atoms with Crippen LogP contribution < -0.4 is 5.32 Å². The summed E-state index contributed by atoms with van der Waals surface area (Å²) in [5, 5.41) is 13.8. The van der Waals surface area contributed by atoms with Gasteiger partial charge in [0.1, 0.15) is 4.88 Å². The molecule has 0 radical (unpaired) electrons. The lowest BCUT2D eigenvalue weighted by Crippen LogP contribution is -2.11. The predicted octanol–water partition coefficient (Wildman–Crippen LogP) is 4.53. The molecule has 0 saturated carbocycles. The van der Waals surface area contributed by atoms with Gasteiger partial charge in [0.2, 0.25) is 0 Å². The average molecular weight is 378 g/mol. The Morgan fingerprint density at radius 2 is 1.96 bits per heavy atom. The molecular weight excluding hydrogens is 364 g/mol. The Labute approximate surface area is 158 Å². The van der Waals surface area contributed by atoms with Crippen LogP contribution in [0.3, 0.4) is 0 Å². The van der Waals surface area contributed by atoms with Crippen LogP contribution in [0.1, 0.15) is 15.4 Å². The second-order valence-electron chi connectivity index (χ2n) is 5.92. The van der Waals surface area contributed by atoms with Gasteiger partial charge in [-0.05, 0) is 19.1 Å². The van der Waals surface area contributed by atoms with Crippen LogP contribution in [0.2, 0.25) is 0 Å². The zero-order valence-corrected chi connectivity index (χ0v) is 15.1. The standard InChI is InChI=1S/C19H14N4O3S/c1-12-17(18(24)20-14-7-3-2-4-8-14)27-19-21-16(11-22(12)19)13-6-5-9-15(10-13)23(25)26/h2-11H,1H3,(H,20,24). The highest BCUT2D eigenvalue weighted by molar-refractivity contribution is 7.19. The zero-order valence-electron chi connectivity index (χ0n) is 14.2. The topological polar surface area (TPSA) is 89.5 Å². The molecule has 0 aliphatic heterocycles. The number of aryl methyl sites for hydroxylation is 1. The Morgan fingerprint density at radius 3 is 2.67 bits per heavy atom. The summed E-state index contributed by atoms with van der Waals surface area (Å²) >= 11 is 1.28. The summed E-state index contributed by atoms with van der Waals surface area (Å²) in [6, 6.07) is 15.6. The van der Waals surface area contributed by atoms with Crippen LogP contribution >= 0.6 is 11.3 Å². The van der Waals surface area contributed by atoms with E-state index < -0.39 is 4.92 Å². The predicted molar refractivity (Wildman–Crippen MR) is 104 cm³/mol. The van der Waals surface area contributed by atoms with Gasteiger partial charge in [-0.15, -0.1) is 0 Å². The Hall–Kier alpha value is -3.52. The van der Waals surface area contributed by atoms with E-state index in [9.17, 15) is 14.9 Å². The molecule has 0 saturated heterocycles. The quantitative estimate of drug-likeness (QED) is 0.417. The summed E-state index contributed by atoms with van der Waals surface area (Å²) in [7, 11) is 0. The van der Waals surface area contributed by atoms with Gasteiger partial charge in [0.15, 0.2) is 4.96 Å². The highest BCUT2D eigenvalue weighted by atomic mass is 32.1. The highest BCUT2D eigenvalue weighted by Gasteiger charge is 2.19. The van der Waals surface area contributed by atoms with E-state index in [0.29, 0.717) is 21.1 Å². The molecule has 0 bridgehead atoms. The van der Waals surface area contributed by atoms with Crippen molar-refractivity contribution >= 4 is 33.6 Å². The number of nitro benzene ring substituents is 1. The molecule has 0 aliphatic carbocycles. The van der Waals surface area contributed by atoms with Crippen molar-refractivity contribution in [1.82, 2.24) is 9.38 Å². The van der Waals surface area contributed by atoms with Crippen LogP contribution in [-0.2, 0) is 0 Å². The minimum absolute atomic E-state index is 0.0171. The third-order valence-electron chi connectivity index (χ3n) is 4.15. The summed E-state index contributed by atoms with van der Waals surface area (Å²) < 4.78 is 1.83. The van der Waals surface area contributed by atoms with Gasteiger partial charge in [0.25, 0.3) is 11.6 Å². The summed E-state index contributed by atoms with van der Waals surface area (Å²) in [5.41, 5.74) is 2.80. The second kappa shape index (κ2) is 6.65. The van der Waals surface area contributed by atoms with Gasteiger partial charge in [0, 0.05) is 35.3 Å². The number of carbonyl (C=O) groups excluding carboxylic acids is 1. The molecule has 0 atom stereocenters. The summed E-state index contributed by atoms with van der Waals surface area (Å²) in [4.78, 5) is 28.9. The lowest BCUT2D eigenvalue weighted by atomic mass is 10.1. The Kier molecular flexibility index (Phi) is 4.17.